The van der Waals surface area contributed by atoms with Crippen molar-refractivity contribution in [1.82, 2.24) is 4.90 Å². The molecule has 1 aliphatic heterocycles. The third-order valence-corrected chi connectivity index (χ3v) is 5.68. The van der Waals surface area contributed by atoms with E-state index >= 15 is 0 Å². The molecule has 0 saturated carbocycles. The van der Waals surface area contributed by atoms with Crippen LogP contribution in [0.25, 0.3) is 6.08 Å². The third kappa shape index (κ3) is 3.59. The molecule has 0 unspecified atom stereocenters. The van der Waals surface area contributed by atoms with Gasteiger partial charge >= 0.3 is 0 Å². The average Bonchev–Trinajstić information content (AvgIpc) is 2.95. The molecule has 0 bridgehead atoms. The standard InChI is InChI=1S/C15H8Br2FNO3S/c16-11-5-10(22-13(11)17)6-12-14(20)19(15(21)23-12)7-8-1-3-9(18)4-2-8/h1-6H,7H2/b12-6-. The van der Waals surface area contributed by atoms with Gasteiger partial charge in [0.15, 0.2) is 4.67 Å². The van der Waals surface area contributed by atoms with Crippen LogP contribution in [0.5, 0.6) is 0 Å². The molecule has 2 amide bonds. The van der Waals surface area contributed by atoms with Gasteiger partial charge in [-0.15, -0.1) is 0 Å². The number of rotatable bonds is 3. The van der Waals surface area contributed by atoms with E-state index in [-0.39, 0.29) is 22.5 Å². The van der Waals surface area contributed by atoms with Crippen molar-refractivity contribution in [1.29, 1.82) is 0 Å². The molecule has 1 aromatic heterocycles. The van der Waals surface area contributed by atoms with Crippen LogP contribution in [0.3, 0.4) is 0 Å². The van der Waals surface area contributed by atoms with Crippen molar-refractivity contribution < 1.29 is 18.4 Å². The minimum atomic E-state index is -0.395. The third-order valence-electron chi connectivity index (χ3n) is 3.07. The SMILES string of the molecule is O=C1S/C(=C\c2cc(Br)c(Br)o2)C(=O)N1Cc1ccc(F)cc1. The summed E-state index contributed by atoms with van der Waals surface area (Å²) in [5.41, 5.74) is 0.679. The van der Waals surface area contributed by atoms with E-state index in [1.165, 1.54) is 18.2 Å². The van der Waals surface area contributed by atoms with E-state index in [1.54, 1.807) is 18.2 Å². The molecule has 0 aliphatic carbocycles. The molecular weight excluding hydrogens is 453 g/mol. The van der Waals surface area contributed by atoms with Gasteiger partial charge in [0, 0.05) is 6.08 Å². The second kappa shape index (κ2) is 6.62. The molecule has 0 radical (unpaired) electrons. The van der Waals surface area contributed by atoms with Crippen molar-refractivity contribution >= 4 is 60.8 Å². The molecule has 0 N–H and O–H groups in total. The highest BCUT2D eigenvalue weighted by atomic mass is 79.9. The predicted octanol–water partition coefficient (Wildman–Crippen LogP) is 5.18. The number of hydrogen-bond acceptors (Lipinski definition) is 4. The molecule has 23 heavy (non-hydrogen) atoms. The van der Waals surface area contributed by atoms with Crippen LogP contribution in [-0.4, -0.2) is 16.0 Å². The minimum absolute atomic E-state index is 0.105. The quantitative estimate of drug-likeness (QED) is 0.592. The summed E-state index contributed by atoms with van der Waals surface area (Å²) in [5, 5.41) is -0.365. The maximum Gasteiger partial charge on any atom is 0.293 e. The Labute approximate surface area is 152 Å². The van der Waals surface area contributed by atoms with Crippen LogP contribution < -0.4 is 0 Å². The number of amides is 2. The Morgan fingerprint density at radius 3 is 2.52 bits per heavy atom. The fourth-order valence-electron chi connectivity index (χ4n) is 1.97. The van der Waals surface area contributed by atoms with Crippen LogP contribution in [0.1, 0.15) is 11.3 Å². The summed E-state index contributed by atoms with van der Waals surface area (Å²) in [5.74, 6) is -0.305. The van der Waals surface area contributed by atoms with Crippen molar-refractivity contribution in [3.63, 3.8) is 0 Å². The maximum absolute atomic E-state index is 12.9. The molecule has 118 valence electrons. The molecule has 0 spiro atoms. The van der Waals surface area contributed by atoms with Gasteiger partial charge in [-0.25, -0.2) is 4.39 Å². The van der Waals surface area contributed by atoms with Gasteiger partial charge < -0.3 is 4.42 Å². The molecule has 1 aliphatic rings. The summed E-state index contributed by atoms with van der Waals surface area (Å²) in [6.45, 7) is 0.105. The molecule has 8 heteroatoms. The van der Waals surface area contributed by atoms with Crippen LogP contribution in [-0.2, 0) is 11.3 Å². The number of thioether (sulfide) groups is 1. The second-order valence-corrected chi connectivity index (χ2v) is 7.23. The van der Waals surface area contributed by atoms with Crippen molar-refractivity contribution in [3.8, 4) is 0 Å². The van der Waals surface area contributed by atoms with E-state index in [9.17, 15) is 14.0 Å². The molecule has 2 heterocycles. The number of hydrogen-bond donors (Lipinski definition) is 0. The maximum atomic E-state index is 12.9. The molecule has 2 aromatic rings. The van der Waals surface area contributed by atoms with Gasteiger partial charge in [0.2, 0.25) is 0 Å². The summed E-state index contributed by atoms with van der Waals surface area (Å²) in [4.78, 5) is 25.8. The van der Waals surface area contributed by atoms with Gasteiger partial charge in [-0.1, -0.05) is 12.1 Å². The summed E-state index contributed by atoms with van der Waals surface area (Å²) >= 11 is 7.34. The number of carbonyl (C=O) groups is 2. The van der Waals surface area contributed by atoms with Crippen LogP contribution in [0.2, 0.25) is 0 Å². The monoisotopic (exact) mass is 459 g/mol. The van der Waals surface area contributed by atoms with Gasteiger partial charge in [-0.3, -0.25) is 14.5 Å². The Morgan fingerprint density at radius 1 is 1.22 bits per heavy atom. The van der Waals surface area contributed by atoms with Crippen molar-refractivity contribution in [3.05, 3.63) is 61.5 Å². The van der Waals surface area contributed by atoms with Gasteiger partial charge in [0.1, 0.15) is 11.6 Å². The second-order valence-electron chi connectivity index (χ2n) is 4.66. The molecule has 0 atom stereocenters. The lowest BCUT2D eigenvalue weighted by Gasteiger charge is -2.12. The highest BCUT2D eigenvalue weighted by Crippen LogP contribution is 2.35. The number of halogens is 3. The van der Waals surface area contributed by atoms with Gasteiger partial charge in [-0.2, -0.15) is 0 Å². The minimum Gasteiger partial charge on any atom is -0.449 e. The fraction of sp³-hybridized carbons (Fsp3) is 0.0667. The normalized spacial score (nSPS) is 16.7. The van der Waals surface area contributed by atoms with E-state index in [1.807, 2.05) is 0 Å². The summed E-state index contributed by atoms with van der Waals surface area (Å²) in [7, 11) is 0. The summed E-state index contributed by atoms with van der Waals surface area (Å²) < 4.78 is 19.5. The molecule has 4 nitrogen and oxygen atoms in total. The lowest BCUT2D eigenvalue weighted by atomic mass is 10.2. The largest absolute Gasteiger partial charge is 0.449 e. The first-order chi connectivity index (χ1) is 10.9. The number of imide groups is 1. The van der Waals surface area contributed by atoms with Crippen molar-refractivity contribution in [2.45, 2.75) is 6.54 Å². The molecule has 1 saturated heterocycles. The Kier molecular flexibility index (Phi) is 4.74. The fourth-order valence-corrected chi connectivity index (χ4v) is 3.40. The van der Waals surface area contributed by atoms with Gasteiger partial charge in [0.05, 0.1) is 15.9 Å². The zero-order valence-electron chi connectivity index (χ0n) is 11.4. The first kappa shape index (κ1) is 16.5. The smallest absolute Gasteiger partial charge is 0.293 e. The zero-order chi connectivity index (χ0) is 16.6. The lowest BCUT2D eigenvalue weighted by Crippen LogP contribution is -2.27. The summed E-state index contributed by atoms with van der Waals surface area (Å²) in [6.07, 6.45) is 1.52. The Bertz CT molecular complexity index is 797. The highest BCUT2D eigenvalue weighted by Gasteiger charge is 2.35. The van der Waals surface area contributed by atoms with Crippen LogP contribution in [0.4, 0.5) is 9.18 Å². The van der Waals surface area contributed by atoms with Crippen molar-refractivity contribution in [2.24, 2.45) is 0 Å². The number of nitrogens with zero attached hydrogens (tertiary/aromatic N) is 1. The molecular formula is C15H8Br2FNO3S. The first-order valence-electron chi connectivity index (χ1n) is 6.38. The molecule has 1 fully saturated rings. The van der Waals surface area contributed by atoms with Crippen LogP contribution >= 0.6 is 43.6 Å². The Morgan fingerprint density at radius 2 is 1.91 bits per heavy atom. The molecule has 3 rings (SSSR count). The first-order valence-corrected chi connectivity index (χ1v) is 8.79. The van der Waals surface area contributed by atoms with E-state index in [2.05, 4.69) is 31.9 Å². The molecule has 1 aromatic carbocycles. The zero-order valence-corrected chi connectivity index (χ0v) is 15.4. The van der Waals surface area contributed by atoms with Crippen LogP contribution in [0.15, 0.2) is 48.8 Å². The Balaban J connectivity index is 1.80. The summed E-state index contributed by atoms with van der Waals surface area (Å²) in [6, 6.07) is 7.37. The van der Waals surface area contributed by atoms with E-state index in [0.29, 0.717) is 20.5 Å². The van der Waals surface area contributed by atoms with Crippen LogP contribution in [0, 0.1) is 5.82 Å². The van der Waals surface area contributed by atoms with Crippen molar-refractivity contribution in [2.75, 3.05) is 0 Å². The topological polar surface area (TPSA) is 50.5 Å². The van der Waals surface area contributed by atoms with E-state index in [4.69, 9.17) is 4.42 Å². The number of furan rings is 1. The predicted molar refractivity (Wildman–Crippen MR) is 92.0 cm³/mol. The van der Waals surface area contributed by atoms with Gasteiger partial charge in [-0.05, 0) is 67.4 Å². The van der Waals surface area contributed by atoms with Gasteiger partial charge in [0.25, 0.3) is 11.1 Å². The lowest BCUT2D eigenvalue weighted by molar-refractivity contribution is -0.123. The van der Waals surface area contributed by atoms with E-state index in [0.717, 1.165) is 16.7 Å². The Hall–Kier alpha value is -1.38. The average molecular weight is 461 g/mol. The highest BCUT2D eigenvalue weighted by molar-refractivity contribution is 9.13. The number of carbonyl (C=O) groups excluding carboxylic acids is 2. The van der Waals surface area contributed by atoms with E-state index < -0.39 is 5.91 Å². The number of benzene rings is 1.